The number of carbonyl (C=O) groups is 2. The van der Waals surface area contributed by atoms with Gasteiger partial charge in [0.25, 0.3) is 0 Å². The van der Waals surface area contributed by atoms with Gasteiger partial charge in [0.15, 0.2) is 0 Å². The highest BCUT2D eigenvalue weighted by molar-refractivity contribution is 5.77. The Labute approximate surface area is 152 Å². The van der Waals surface area contributed by atoms with Crippen LogP contribution in [-0.4, -0.2) is 60.9 Å². The average molecular weight is 367 g/mol. The Balaban J connectivity index is 1.81. The lowest BCUT2D eigenvalue weighted by Gasteiger charge is -2.27. The van der Waals surface area contributed by atoms with Crippen molar-refractivity contribution >= 4 is 11.9 Å². The molecule has 0 aliphatic carbocycles. The smallest absolute Gasteiger partial charge is 0.317 e. The van der Waals surface area contributed by atoms with E-state index in [2.05, 4.69) is 10.6 Å². The Kier molecular flexibility index (Phi) is 7.35. The molecule has 1 fully saturated rings. The van der Waals surface area contributed by atoms with Crippen LogP contribution in [0.15, 0.2) is 24.3 Å². The predicted octanol–water partition coefficient (Wildman–Crippen LogP) is 1.01. The number of nitrogens with one attached hydrogen (secondary N) is 2. The van der Waals surface area contributed by atoms with Gasteiger partial charge in [-0.1, -0.05) is 12.1 Å². The molecule has 0 bridgehead atoms. The monoisotopic (exact) mass is 367 g/mol. The highest BCUT2D eigenvalue weighted by Crippen LogP contribution is 2.21. The van der Waals surface area contributed by atoms with Gasteiger partial charge in [-0.25, -0.2) is 9.18 Å². The van der Waals surface area contributed by atoms with Crippen molar-refractivity contribution in [3.05, 3.63) is 35.6 Å². The molecule has 1 heterocycles. The lowest BCUT2D eigenvalue weighted by atomic mass is 9.95. The van der Waals surface area contributed by atoms with Gasteiger partial charge in [0.2, 0.25) is 5.91 Å². The number of carbonyl (C=O) groups excluding carboxylic acids is 2. The first-order chi connectivity index (χ1) is 12.4. The number of ether oxygens (including phenoxy) is 1. The highest BCUT2D eigenvalue weighted by atomic mass is 19.1. The fourth-order valence-electron chi connectivity index (χ4n) is 2.94. The van der Waals surface area contributed by atoms with Crippen molar-refractivity contribution in [3.63, 3.8) is 0 Å². The minimum atomic E-state index is -1.04. The third kappa shape index (κ3) is 6.27. The lowest BCUT2D eigenvalue weighted by Crippen LogP contribution is -2.45. The van der Waals surface area contributed by atoms with Crippen LogP contribution in [0, 0.1) is 5.82 Å². The molecule has 3 N–H and O–H groups in total. The maximum Gasteiger partial charge on any atom is 0.317 e. The van der Waals surface area contributed by atoms with Gasteiger partial charge < -0.3 is 25.4 Å². The molecule has 1 aliphatic heterocycles. The zero-order valence-electron chi connectivity index (χ0n) is 15.0. The normalized spacial score (nSPS) is 20.3. The van der Waals surface area contributed by atoms with Gasteiger partial charge in [-0.05, 0) is 37.0 Å². The molecule has 1 aromatic carbocycles. The number of rotatable bonds is 6. The average Bonchev–Trinajstić information content (AvgIpc) is 2.81. The summed E-state index contributed by atoms with van der Waals surface area (Å²) in [4.78, 5) is 25.4. The van der Waals surface area contributed by atoms with Gasteiger partial charge in [-0.3, -0.25) is 4.79 Å². The van der Waals surface area contributed by atoms with Crippen molar-refractivity contribution in [1.29, 1.82) is 0 Å². The Bertz CT molecular complexity index is 628. The van der Waals surface area contributed by atoms with Crippen LogP contribution in [-0.2, 0) is 16.1 Å². The number of halogens is 1. The van der Waals surface area contributed by atoms with E-state index in [1.54, 1.807) is 17.0 Å². The number of urea groups is 1. The van der Waals surface area contributed by atoms with E-state index >= 15 is 0 Å². The largest absolute Gasteiger partial charge is 0.388 e. The van der Waals surface area contributed by atoms with Crippen LogP contribution in [0.3, 0.4) is 0 Å². The van der Waals surface area contributed by atoms with Gasteiger partial charge >= 0.3 is 6.03 Å². The van der Waals surface area contributed by atoms with Crippen molar-refractivity contribution in [3.8, 4) is 0 Å². The van der Waals surface area contributed by atoms with Crippen molar-refractivity contribution in [2.75, 3.05) is 33.4 Å². The summed E-state index contributed by atoms with van der Waals surface area (Å²) in [5.41, 5.74) is -0.355. The maximum absolute atomic E-state index is 13.2. The lowest BCUT2D eigenvalue weighted by molar-refractivity contribution is -0.126. The second-order valence-electron chi connectivity index (χ2n) is 6.56. The number of likely N-dealkylation sites (tertiary alicyclic amines) is 1. The number of amides is 3. The summed E-state index contributed by atoms with van der Waals surface area (Å²) in [5.74, 6) is -0.623. The topological polar surface area (TPSA) is 90.9 Å². The molecule has 0 unspecified atom stereocenters. The summed E-state index contributed by atoms with van der Waals surface area (Å²) in [7, 11) is 1.43. The number of hydrogen-bond acceptors (Lipinski definition) is 4. The zero-order valence-corrected chi connectivity index (χ0v) is 15.0. The summed E-state index contributed by atoms with van der Waals surface area (Å²) < 4.78 is 17.9. The van der Waals surface area contributed by atoms with Gasteiger partial charge in [0.1, 0.15) is 12.4 Å². The third-order valence-electron chi connectivity index (χ3n) is 4.43. The molecule has 0 spiro atoms. The molecule has 3 amide bonds. The molecule has 7 nitrogen and oxygen atoms in total. The summed E-state index contributed by atoms with van der Waals surface area (Å²) in [6, 6.07) is 5.83. The molecule has 0 saturated carbocycles. The van der Waals surface area contributed by atoms with Gasteiger partial charge in [0, 0.05) is 33.3 Å². The van der Waals surface area contributed by atoms with Crippen LogP contribution in [0.1, 0.15) is 24.8 Å². The van der Waals surface area contributed by atoms with Crippen molar-refractivity contribution in [1.82, 2.24) is 15.5 Å². The minimum Gasteiger partial charge on any atom is -0.388 e. The van der Waals surface area contributed by atoms with Gasteiger partial charge in [-0.15, -0.1) is 0 Å². The standard InChI is InChI=1S/C18H26FN3O4/c1-26-12-16(23)21-13-18(25)6-3-8-22(9-7-18)17(24)20-11-14-4-2-5-15(19)10-14/h2,4-5,10,25H,3,6-9,11-13H2,1H3,(H,20,24)(H,21,23)/t18-/m0/s1. The Morgan fingerprint density at radius 2 is 2.12 bits per heavy atom. The fraction of sp³-hybridized carbons (Fsp3) is 0.556. The molecule has 1 aromatic rings. The molecular weight excluding hydrogens is 341 g/mol. The van der Waals surface area contributed by atoms with E-state index in [1.807, 2.05) is 0 Å². The second kappa shape index (κ2) is 9.49. The molecule has 26 heavy (non-hydrogen) atoms. The number of nitrogens with zero attached hydrogens (tertiary/aromatic N) is 1. The Morgan fingerprint density at radius 3 is 2.85 bits per heavy atom. The van der Waals surface area contributed by atoms with E-state index in [4.69, 9.17) is 4.74 Å². The van der Waals surface area contributed by atoms with Gasteiger partial charge in [-0.2, -0.15) is 0 Å². The first kappa shape index (κ1) is 20.1. The van der Waals surface area contributed by atoms with Crippen LogP contribution in [0.4, 0.5) is 9.18 Å². The first-order valence-electron chi connectivity index (χ1n) is 8.67. The van der Waals surface area contributed by atoms with E-state index in [0.29, 0.717) is 37.9 Å². The maximum atomic E-state index is 13.2. The first-order valence-corrected chi connectivity index (χ1v) is 8.67. The van der Waals surface area contributed by atoms with E-state index in [-0.39, 0.29) is 37.5 Å². The number of aliphatic hydroxyl groups is 1. The molecule has 1 aliphatic rings. The van der Waals surface area contributed by atoms with Crippen LogP contribution >= 0.6 is 0 Å². The second-order valence-corrected chi connectivity index (χ2v) is 6.56. The molecule has 144 valence electrons. The summed E-state index contributed by atoms with van der Waals surface area (Å²) >= 11 is 0. The number of methoxy groups -OCH3 is 1. The molecule has 0 aromatic heterocycles. The highest BCUT2D eigenvalue weighted by Gasteiger charge is 2.31. The number of hydrogen-bond donors (Lipinski definition) is 3. The quantitative estimate of drug-likeness (QED) is 0.700. The SMILES string of the molecule is COCC(=O)NC[C@]1(O)CCCN(C(=O)NCc2cccc(F)c2)CC1. The van der Waals surface area contributed by atoms with E-state index in [0.717, 1.165) is 0 Å². The van der Waals surface area contributed by atoms with Crippen molar-refractivity contribution in [2.45, 2.75) is 31.4 Å². The van der Waals surface area contributed by atoms with Crippen LogP contribution in [0.2, 0.25) is 0 Å². The molecule has 1 atom stereocenters. The van der Waals surface area contributed by atoms with E-state index in [1.165, 1.54) is 19.2 Å². The number of benzene rings is 1. The summed E-state index contributed by atoms with van der Waals surface area (Å²) in [6.07, 6.45) is 1.49. The summed E-state index contributed by atoms with van der Waals surface area (Å²) in [5, 5.41) is 16.1. The third-order valence-corrected chi connectivity index (χ3v) is 4.43. The summed E-state index contributed by atoms with van der Waals surface area (Å²) in [6.45, 7) is 1.22. The van der Waals surface area contributed by atoms with Gasteiger partial charge in [0.05, 0.1) is 5.60 Å². The van der Waals surface area contributed by atoms with Crippen molar-refractivity contribution < 1.29 is 23.8 Å². The molecular formula is C18H26FN3O4. The zero-order chi connectivity index (χ0) is 19.0. The fourth-order valence-corrected chi connectivity index (χ4v) is 2.94. The van der Waals surface area contributed by atoms with Crippen LogP contribution in [0.25, 0.3) is 0 Å². The molecule has 8 heteroatoms. The Hall–Kier alpha value is -2.19. The predicted molar refractivity (Wildman–Crippen MR) is 93.9 cm³/mol. The molecule has 2 rings (SSSR count). The molecule has 0 radical (unpaired) electrons. The van der Waals surface area contributed by atoms with E-state index < -0.39 is 5.60 Å². The molecule has 1 saturated heterocycles. The van der Waals surface area contributed by atoms with Crippen molar-refractivity contribution in [2.24, 2.45) is 0 Å². The van der Waals surface area contributed by atoms with Crippen LogP contribution in [0.5, 0.6) is 0 Å². The van der Waals surface area contributed by atoms with Crippen LogP contribution < -0.4 is 10.6 Å². The minimum absolute atomic E-state index is 0.0509. The van der Waals surface area contributed by atoms with E-state index in [9.17, 15) is 19.1 Å². The Morgan fingerprint density at radius 1 is 1.31 bits per heavy atom.